The van der Waals surface area contributed by atoms with E-state index in [1.807, 2.05) is 0 Å². The number of hydrogen-bond acceptors (Lipinski definition) is 6. The molecule has 0 N–H and O–H groups in total. The monoisotopic (exact) mass is 304 g/mol. The minimum Gasteiger partial charge on any atom is -0.486 e. The van der Waals surface area contributed by atoms with Gasteiger partial charge in [-0.15, -0.1) is 0 Å². The predicted molar refractivity (Wildman–Crippen MR) is 76.5 cm³/mol. The third kappa shape index (κ3) is 2.13. The molecule has 1 aromatic rings. The molecule has 1 aromatic carbocycles. The Bertz CT molecular complexity index is 639. The van der Waals surface area contributed by atoms with E-state index in [-0.39, 0.29) is 0 Å². The highest BCUT2D eigenvalue weighted by Gasteiger charge is 2.38. The lowest BCUT2D eigenvalue weighted by Gasteiger charge is -2.30. The summed E-state index contributed by atoms with van der Waals surface area (Å²) in [6.07, 6.45) is 0. The van der Waals surface area contributed by atoms with Crippen LogP contribution in [0.1, 0.15) is 10.4 Å². The number of carbonyl (C=O) groups excluding carboxylic acids is 2. The van der Waals surface area contributed by atoms with Crippen molar-refractivity contribution in [1.29, 1.82) is 0 Å². The largest absolute Gasteiger partial charge is 0.486 e. The van der Waals surface area contributed by atoms with E-state index in [2.05, 4.69) is 4.90 Å². The number of rotatable bonds is 2. The van der Waals surface area contributed by atoms with Gasteiger partial charge >= 0.3 is 5.91 Å². The molecule has 22 heavy (non-hydrogen) atoms. The summed E-state index contributed by atoms with van der Waals surface area (Å²) >= 11 is 0. The quantitative estimate of drug-likeness (QED) is 0.731. The van der Waals surface area contributed by atoms with E-state index < -0.39 is 11.7 Å². The van der Waals surface area contributed by atoms with Gasteiger partial charge in [0.05, 0.1) is 31.1 Å². The van der Waals surface area contributed by atoms with E-state index in [9.17, 15) is 9.59 Å². The van der Waals surface area contributed by atoms with E-state index in [1.54, 1.807) is 12.1 Å². The molecular weight excluding hydrogens is 288 g/mol. The van der Waals surface area contributed by atoms with Crippen molar-refractivity contribution in [3.63, 3.8) is 0 Å². The van der Waals surface area contributed by atoms with Crippen molar-refractivity contribution in [2.75, 3.05) is 51.1 Å². The van der Waals surface area contributed by atoms with Gasteiger partial charge in [-0.25, -0.2) is 0 Å². The van der Waals surface area contributed by atoms with Crippen LogP contribution in [0.4, 0.5) is 5.69 Å². The number of ether oxygens (including phenoxy) is 3. The highest BCUT2D eigenvalue weighted by Crippen LogP contribution is 2.40. The maximum absolute atomic E-state index is 12.3. The molecule has 3 aliphatic heterocycles. The van der Waals surface area contributed by atoms with Crippen molar-refractivity contribution in [2.24, 2.45) is 0 Å². The van der Waals surface area contributed by atoms with Crippen LogP contribution in [0.2, 0.25) is 0 Å². The molecule has 0 bridgehead atoms. The highest BCUT2D eigenvalue weighted by molar-refractivity contribution is 6.52. The second-order valence-electron chi connectivity index (χ2n) is 5.45. The maximum atomic E-state index is 12.3. The number of hydrogen-bond donors (Lipinski definition) is 0. The Morgan fingerprint density at radius 3 is 2.36 bits per heavy atom. The molecule has 0 saturated carbocycles. The molecule has 0 aliphatic carbocycles. The zero-order chi connectivity index (χ0) is 15.1. The molecule has 0 radical (unpaired) electrons. The molecule has 0 atom stereocenters. The third-order valence-corrected chi connectivity index (χ3v) is 4.08. The van der Waals surface area contributed by atoms with Crippen LogP contribution in [0.5, 0.6) is 11.5 Å². The lowest BCUT2D eigenvalue weighted by atomic mass is 10.1. The molecule has 0 spiro atoms. The Kier molecular flexibility index (Phi) is 3.24. The van der Waals surface area contributed by atoms with Crippen molar-refractivity contribution in [3.05, 3.63) is 17.7 Å². The summed E-state index contributed by atoms with van der Waals surface area (Å²) in [6.45, 7) is 4.09. The number of carbonyl (C=O) groups is 2. The minimum absolute atomic E-state index is 0.389. The van der Waals surface area contributed by atoms with Crippen LogP contribution in [-0.4, -0.2) is 62.8 Å². The van der Waals surface area contributed by atoms with Gasteiger partial charge in [-0.1, -0.05) is 0 Å². The number of amides is 1. The van der Waals surface area contributed by atoms with Crippen LogP contribution in [0, 0.1) is 0 Å². The van der Waals surface area contributed by atoms with Crippen molar-refractivity contribution >= 4 is 17.4 Å². The fourth-order valence-corrected chi connectivity index (χ4v) is 2.91. The van der Waals surface area contributed by atoms with Crippen LogP contribution in [0.25, 0.3) is 0 Å². The molecule has 7 nitrogen and oxygen atoms in total. The second kappa shape index (κ2) is 5.26. The number of Topliss-reactive ketones (excluding diaryl/α,β-unsaturated/α-hetero) is 1. The van der Waals surface area contributed by atoms with Gasteiger partial charge in [0.1, 0.15) is 13.2 Å². The summed E-state index contributed by atoms with van der Waals surface area (Å²) in [5.74, 6) is 0.128. The summed E-state index contributed by atoms with van der Waals surface area (Å²) in [6, 6.07) is 3.34. The fraction of sp³-hybridized carbons (Fsp3) is 0.467. The number of ketones is 1. The van der Waals surface area contributed by atoms with E-state index in [4.69, 9.17) is 14.2 Å². The Labute approximate surface area is 127 Å². The summed E-state index contributed by atoms with van der Waals surface area (Å²) in [7, 11) is 0. The first-order chi connectivity index (χ1) is 10.7. The number of benzene rings is 1. The van der Waals surface area contributed by atoms with Gasteiger partial charge in [-0.05, 0) is 6.07 Å². The topological polar surface area (TPSA) is 68.3 Å². The zero-order valence-corrected chi connectivity index (χ0v) is 12.0. The molecule has 1 saturated heterocycles. The van der Waals surface area contributed by atoms with Crippen LogP contribution < -0.4 is 14.4 Å². The molecule has 3 heterocycles. The first-order valence-electron chi connectivity index (χ1n) is 7.34. The normalized spacial score (nSPS) is 21.2. The minimum atomic E-state index is -0.496. The maximum Gasteiger partial charge on any atom is 0.300 e. The Morgan fingerprint density at radius 2 is 1.64 bits per heavy atom. The summed E-state index contributed by atoms with van der Waals surface area (Å²) in [5.41, 5.74) is 0.994. The smallest absolute Gasteiger partial charge is 0.300 e. The predicted octanol–water partition coefficient (Wildman–Crippen LogP) is 0.277. The molecule has 0 aromatic heterocycles. The van der Waals surface area contributed by atoms with Gasteiger partial charge in [0.15, 0.2) is 11.5 Å². The first-order valence-corrected chi connectivity index (χ1v) is 7.34. The summed E-state index contributed by atoms with van der Waals surface area (Å²) in [5, 5.41) is 0. The van der Waals surface area contributed by atoms with Crippen LogP contribution >= 0.6 is 0 Å². The average molecular weight is 304 g/mol. The van der Waals surface area contributed by atoms with E-state index in [0.29, 0.717) is 55.8 Å². The molecule has 4 rings (SSSR count). The van der Waals surface area contributed by atoms with E-state index >= 15 is 0 Å². The van der Waals surface area contributed by atoms with Gasteiger partial charge < -0.3 is 14.2 Å². The van der Waals surface area contributed by atoms with Crippen molar-refractivity contribution in [1.82, 2.24) is 4.90 Å². The van der Waals surface area contributed by atoms with Crippen molar-refractivity contribution in [2.45, 2.75) is 0 Å². The molecule has 1 fully saturated rings. The van der Waals surface area contributed by atoms with Gasteiger partial charge in [-0.2, -0.15) is 0 Å². The molecule has 0 unspecified atom stereocenters. The highest BCUT2D eigenvalue weighted by atomic mass is 16.6. The standard InChI is InChI=1S/C15H16N2O5/c18-14-10-7-12-13(22-6-5-21-12)8-11(10)17(15(14)19)9-16-1-3-20-4-2-16/h7-8H,1-6,9H2. The zero-order valence-electron chi connectivity index (χ0n) is 12.0. The summed E-state index contributed by atoms with van der Waals surface area (Å²) < 4.78 is 16.3. The summed E-state index contributed by atoms with van der Waals surface area (Å²) in [4.78, 5) is 28.1. The fourth-order valence-electron chi connectivity index (χ4n) is 2.91. The number of nitrogens with zero attached hydrogens (tertiary/aromatic N) is 2. The Balaban J connectivity index is 1.66. The van der Waals surface area contributed by atoms with Crippen LogP contribution in [0.15, 0.2) is 12.1 Å². The average Bonchev–Trinajstić information content (AvgIpc) is 2.79. The lowest BCUT2D eigenvalue weighted by Crippen LogP contribution is -2.45. The van der Waals surface area contributed by atoms with Crippen LogP contribution in [0.3, 0.4) is 0 Å². The molecule has 3 aliphatic rings. The van der Waals surface area contributed by atoms with Gasteiger partial charge in [-0.3, -0.25) is 19.4 Å². The second-order valence-corrected chi connectivity index (χ2v) is 5.45. The molecular formula is C15H16N2O5. The van der Waals surface area contributed by atoms with Crippen LogP contribution in [-0.2, 0) is 9.53 Å². The number of fused-ring (bicyclic) bond motifs is 2. The van der Waals surface area contributed by atoms with Crippen molar-refractivity contribution in [3.8, 4) is 11.5 Å². The molecule has 1 amide bonds. The van der Waals surface area contributed by atoms with Gasteiger partial charge in [0, 0.05) is 19.2 Å². The van der Waals surface area contributed by atoms with E-state index in [1.165, 1.54) is 4.90 Å². The molecule has 116 valence electrons. The Morgan fingerprint density at radius 1 is 0.955 bits per heavy atom. The van der Waals surface area contributed by atoms with E-state index in [0.717, 1.165) is 13.1 Å². The number of morpholine rings is 1. The lowest BCUT2D eigenvalue weighted by molar-refractivity contribution is -0.114. The van der Waals surface area contributed by atoms with Gasteiger partial charge in [0.2, 0.25) is 0 Å². The van der Waals surface area contributed by atoms with Crippen molar-refractivity contribution < 1.29 is 23.8 Å². The SMILES string of the molecule is O=C1C(=O)N(CN2CCOCC2)c2cc3c(cc21)OCCO3. The first kappa shape index (κ1) is 13.5. The molecule has 7 heteroatoms. The van der Waals surface area contributed by atoms with Gasteiger partial charge in [0.25, 0.3) is 5.78 Å². The number of anilines is 1. The third-order valence-electron chi connectivity index (χ3n) is 4.08. The Hall–Kier alpha value is -2.12.